The van der Waals surface area contributed by atoms with Gasteiger partial charge in [0.2, 0.25) is 0 Å². The molecular weight excluding hydrogens is 195 g/mol. The molecular formula is C8H16Cl2N2. The molecule has 0 aromatic heterocycles. The van der Waals surface area contributed by atoms with Gasteiger partial charge in [0, 0.05) is 12.6 Å². The van der Waals surface area contributed by atoms with Crippen LogP contribution in [0.5, 0.6) is 0 Å². The number of fused-ring (bicyclic) bond motifs is 1. The van der Waals surface area contributed by atoms with E-state index >= 15 is 0 Å². The van der Waals surface area contributed by atoms with Crippen molar-refractivity contribution in [3.63, 3.8) is 0 Å². The topological polar surface area (TPSA) is 38.0 Å². The predicted octanol–water partition coefficient (Wildman–Crippen LogP) is 0.953. The van der Waals surface area contributed by atoms with E-state index in [4.69, 9.17) is 5.73 Å². The van der Waals surface area contributed by atoms with Crippen LogP contribution in [0.4, 0.5) is 0 Å². The zero-order chi connectivity index (χ0) is 6.97. The van der Waals surface area contributed by atoms with Crippen molar-refractivity contribution in [1.29, 1.82) is 0 Å². The van der Waals surface area contributed by atoms with Crippen molar-refractivity contribution in [2.75, 3.05) is 13.1 Å². The van der Waals surface area contributed by atoms with Crippen LogP contribution in [0.15, 0.2) is 12.2 Å². The number of nitrogens with two attached hydrogens (primary N) is 1. The number of nitrogens with one attached hydrogen (secondary N) is 1. The lowest BCUT2D eigenvalue weighted by atomic mass is 9.83. The minimum atomic E-state index is 0. The van der Waals surface area contributed by atoms with E-state index in [0.717, 1.165) is 12.5 Å². The Bertz CT molecular complexity index is 161. The van der Waals surface area contributed by atoms with Crippen molar-refractivity contribution in [1.82, 2.24) is 5.32 Å². The Morgan fingerprint density at radius 2 is 2.00 bits per heavy atom. The number of hydrogen-bond donors (Lipinski definition) is 2. The summed E-state index contributed by atoms with van der Waals surface area (Å²) in [5.41, 5.74) is 5.89. The average molecular weight is 211 g/mol. The van der Waals surface area contributed by atoms with Crippen LogP contribution < -0.4 is 11.1 Å². The Hall–Kier alpha value is 0.240. The summed E-state index contributed by atoms with van der Waals surface area (Å²) in [5, 5.41) is 3.37. The molecule has 0 saturated carbocycles. The number of halogens is 2. The summed E-state index contributed by atoms with van der Waals surface area (Å²) in [5.74, 6) is 1.53. The highest BCUT2D eigenvalue weighted by atomic mass is 35.5. The third kappa shape index (κ3) is 2.13. The molecule has 1 heterocycles. The first kappa shape index (κ1) is 12.2. The Morgan fingerprint density at radius 1 is 1.25 bits per heavy atom. The predicted molar refractivity (Wildman–Crippen MR) is 56.1 cm³/mol. The molecule has 1 saturated heterocycles. The van der Waals surface area contributed by atoms with Gasteiger partial charge < -0.3 is 11.1 Å². The van der Waals surface area contributed by atoms with Gasteiger partial charge in [-0.25, -0.2) is 0 Å². The maximum atomic E-state index is 5.89. The van der Waals surface area contributed by atoms with E-state index in [-0.39, 0.29) is 24.8 Å². The number of allylic oxidation sites excluding steroid dienone is 1. The molecule has 2 rings (SSSR count). The molecule has 1 aliphatic carbocycles. The van der Waals surface area contributed by atoms with Gasteiger partial charge in [-0.05, 0) is 24.8 Å². The van der Waals surface area contributed by atoms with Gasteiger partial charge in [0.05, 0.1) is 0 Å². The molecule has 0 aromatic rings. The van der Waals surface area contributed by atoms with Crippen molar-refractivity contribution in [3.05, 3.63) is 12.2 Å². The van der Waals surface area contributed by atoms with Crippen LogP contribution in [0, 0.1) is 11.8 Å². The van der Waals surface area contributed by atoms with Gasteiger partial charge in [-0.2, -0.15) is 0 Å². The van der Waals surface area contributed by atoms with Gasteiger partial charge in [-0.3, -0.25) is 0 Å². The summed E-state index contributed by atoms with van der Waals surface area (Å²) < 4.78 is 0. The quantitative estimate of drug-likeness (QED) is 0.585. The van der Waals surface area contributed by atoms with E-state index in [1.54, 1.807) is 0 Å². The third-order valence-corrected chi connectivity index (χ3v) is 2.68. The molecule has 0 unspecified atom stereocenters. The van der Waals surface area contributed by atoms with Crippen molar-refractivity contribution in [2.24, 2.45) is 17.6 Å². The second-order valence-corrected chi connectivity index (χ2v) is 3.32. The van der Waals surface area contributed by atoms with Crippen LogP contribution >= 0.6 is 24.8 Å². The second-order valence-electron chi connectivity index (χ2n) is 3.32. The molecule has 1 fully saturated rings. The van der Waals surface area contributed by atoms with Gasteiger partial charge in [-0.1, -0.05) is 12.2 Å². The molecule has 0 bridgehead atoms. The number of rotatable bonds is 0. The van der Waals surface area contributed by atoms with Crippen molar-refractivity contribution >= 4 is 24.8 Å². The normalized spacial score (nSPS) is 37.9. The van der Waals surface area contributed by atoms with Gasteiger partial charge >= 0.3 is 0 Å². The minimum absolute atomic E-state index is 0. The fourth-order valence-corrected chi connectivity index (χ4v) is 2.02. The fourth-order valence-electron chi connectivity index (χ4n) is 2.02. The highest BCUT2D eigenvalue weighted by Crippen LogP contribution is 2.27. The Morgan fingerprint density at radius 3 is 2.67 bits per heavy atom. The van der Waals surface area contributed by atoms with E-state index < -0.39 is 0 Å². The van der Waals surface area contributed by atoms with E-state index in [9.17, 15) is 0 Å². The second kappa shape index (κ2) is 5.07. The van der Waals surface area contributed by atoms with E-state index in [2.05, 4.69) is 17.5 Å². The molecule has 4 heteroatoms. The molecule has 0 amide bonds. The molecule has 72 valence electrons. The molecule has 0 spiro atoms. The van der Waals surface area contributed by atoms with Crippen LogP contribution in [0.25, 0.3) is 0 Å². The van der Waals surface area contributed by atoms with E-state index in [1.807, 2.05) is 0 Å². The lowest BCUT2D eigenvalue weighted by molar-refractivity contribution is 0.371. The van der Waals surface area contributed by atoms with Gasteiger partial charge in [0.25, 0.3) is 0 Å². The maximum absolute atomic E-state index is 5.89. The first-order chi connectivity index (χ1) is 4.88. The summed E-state index contributed by atoms with van der Waals surface area (Å²) in [6.07, 6.45) is 5.60. The first-order valence-electron chi connectivity index (χ1n) is 4.01. The number of hydrogen-bond acceptors (Lipinski definition) is 2. The highest BCUT2D eigenvalue weighted by Gasteiger charge is 2.31. The smallest absolute Gasteiger partial charge is 0.0267 e. The molecule has 1 aliphatic heterocycles. The zero-order valence-corrected chi connectivity index (χ0v) is 8.53. The lowest BCUT2D eigenvalue weighted by Crippen LogP contribution is -2.35. The molecule has 2 aliphatic rings. The molecule has 0 radical (unpaired) electrons. The summed E-state index contributed by atoms with van der Waals surface area (Å²) in [6, 6.07) is 0.314. The zero-order valence-electron chi connectivity index (χ0n) is 6.90. The van der Waals surface area contributed by atoms with Gasteiger partial charge in [0.15, 0.2) is 0 Å². The van der Waals surface area contributed by atoms with Crippen molar-refractivity contribution < 1.29 is 0 Å². The van der Waals surface area contributed by atoms with Crippen molar-refractivity contribution in [3.8, 4) is 0 Å². The molecule has 12 heavy (non-hydrogen) atoms. The third-order valence-electron chi connectivity index (χ3n) is 2.68. The van der Waals surface area contributed by atoms with Crippen LogP contribution in [0.2, 0.25) is 0 Å². The van der Waals surface area contributed by atoms with Crippen LogP contribution in [-0.2, 0) is 0 Å². The standard InChI is InChI=1S/C8H14N2.2ClH/c9-8-3-1-2-6-4-10-5-7(6)8;;/h1,3,6-8,10H,2,4-5,9H2;2*1H/t6-,7+,8-;;/m1../s1. The minimum Gasteiger partial charge on any atom is -0.324 e. The summed E-state index contributed by atoms with van der Waals surface area (Å²) >= 11 is 0. The average Bonchev–Trinajstić information content (AvgIpc) is 2.36. The molecule has 3 atom stereocenters. The SMILES string of the molecule is Cl.Cl.N[C@@H]1C=CC[C@@H]2CNC[C@@H]21. The summed E-state index contributed by atoms with van der Waals surface area (Å²) in [6.45, 7) is 2.29. The van der Waals surface area contributed by atoms with E-state index in [0.29, 0.717) is 12.0 Å². The maximum Gasteiger partial charge on any atom is 0.0267 e. The monoisotopic (exact) mass is 210 g/mol. The summed E-state index contributed by atoms with van der Waals surface area (Å²) in [7, 11) is 0. The van der Waals surface area contributed by atoms with Crippen molar-refractivity contribution in [2.45, 2.75) is 12.5 Å². The molecule has 2 nitrogen and oxygen atoms in total. The lowest BCUT2D eigenvalue weighted by Gasteiger charge is -2.25. The molecule has 3 N–H and O–H groups in total. The Kier molecular flexibility index (Phi) is 5.18. The molecule has 0 aromatic carbocycles. The first-order valence-corrected chi connectivity index (χ1v) is 4.01. The summed E-state index contributed by atoms with van der Waals surface area (Å²) in [4.78, 5) is 0. The fraction of sp³-hybridized carbons (Fsp3) is 0.750. The van der Waals surface area contributed by atoms with Crippen LogP contribution in [0.1, 0.15) is 6.42 Å². The van der Waals surface area contributed by atoms with Gasteiger partial charge in [-0.15, -0.1) is 24.8 Å². The Labute approximate surface area is 85.8 Å². The largest absolute Gasteiger partial charge is 0.324 e. The van der Waals surface area contributed by atoms with Crippen LogP contribution in [0.3, 0.4) is 0 Å². The van der Waals surface area contributed by atoms with E-state index in [1.165, 1.54) is 13.0 Å². The highest BCUT2D eigenvalue weighted by molar-refractivity contribution is 5.85. The van der Waals surface area contributed by atoms with Gasteiger partial charge in [0.1, 0.15) is 0 Å². The Balaban J connectivity index is 0.000000605. The van der Waals surface area contributed by atoms with Crippen LogP contribution in [-0.4, -0.2) is 19.1 Å².